The Kier molecular flexibility index (Phi) is 5.77. The Morgan fingerprint density at radius 2 is 1.97 bits per heavy atom. The van der Waals surface area contributed by atoms with Gasteiger partial charge in [-0.15, -0.1) is 18.3 Å². The monoisotopic (exact) mass is 475 g/mol. The van der Waals surface area contributed by atoms with Gasteiger partial charge in [-0.3, -0.25) is 4.79 Å². The number of carbonyl (C=O) groups excluding carboxylic acids is 1. The largest absolute Gasteiger partial charge is 0.573 e. The number of benzene rings is 1. The van der Waals surface area contributed by atoms with Gasteiger partial charge in [-0.05, 0) is 49.7 Å². The molecule has 0 unspecified atom stereocenters. The fraction of sp³-hybridized carbons (Fsp3) is 0.190. The van der Waals surface area contributed by atoms with Crippen LogP contribution in [0.1, 0.15) is 34.6 Å². The highest BCUT2D eigenvalue weighted by Crippen LogP contribution is 2.28. The first kappa shape index (κ1) is 22.9. The lowest BCUT2D eigenvalue weighted by atomic mass is 10.1. The molecule has 4 aromatic rings. The van der Waals surface area contributed by atoms with Crippen LogP contribution in [0.15, 0.2) is 42.7 Å². The van der Waals surface area contributed by atoms with Gasteiger partial charge in [0.05, 0.1) is 6.04 Å². The molecule has 0 fully saturated rings. The number of fused-ring (bicyclic) bond motifs is 1. The highest BCUT2D eigenvalue weighted by atomic mass is 19.4. The van der Waals surface area contributed by atoms with E-state index in [4.69, 9.17) is 5.73 Å². The van der Waals surface area contributed by atoms with Crippen LogP contribution in [0, 0.1) is 12.7 Å². The molecule has 34 heavy (non-hydrogen) atoms. The molecule has 4 rings (SSSR count). The third kappa shape index (κ3) is 4.87. The number of hydrogen-bond donors (Lipinski definition) is 2. The molecule has 13 heteroatoms. The Morgan fingerprint density at radius 1 is 1.21 bits per heavy atom. The highest BCUT2D eigenvalue weighted by Gasteiger charge is 2.31. The smallest absolute Gasteiger partial charge is 0.406 e. The van der Waals surface area contributed by atoms with Crippen molar-refractivity contribution >= 4 is 17.5 Å². The first-order chi connectivity index (χ1) is 16.0. The normalized spacial score (nSPS) is 12.5. The number of pyridine rings is 1. The lowest BCUT2D eigenvalue weighted by Crippen LogP contribution is -2.29. The SMILES string of the molecule is Cc1cnc(-c2ccn3nc(N)nc3c2)nc1C(=O)N[C@H](C)c1cc(OC(F)(F)F)ccc1F. The molecule has 0 bridgehead atoms. The van der Waals surface area contributed by atoms with E-state index in [0.29, 0.717) is 16.8 Å². The van der Waals surface area contributed by atoms with Crippen LogP contribution in [0.25, 0.3) is 17.0 Å². The minimum atomic E-state index is -4.93. The molecule has 3 aromatic heterocycles. The third-order valence-electron chi connectivity index (χ3n) is 4.81. The Labute approximate surface area is 189 Å². The molecule has 0 radical (unpaired) electrons. The van der Waals surface area contributed by atoms with Crippen LogP contribution in [-0.2, 0) is 0 Å². The fourth-order valence-corrected chi connectivity index (χ4v) is 3.24. The number of halogens is 4. The summed E-state index contributed by atoms with van der Waals surface area (Å²) in [5.41, 5.74) is 6.86. The zero-order chi connectivity index (χ0) is 24.6. The van der Waals surface area contributed by atoms with Crippen LogP contribution in [0.3, 0.4) is 0 Å². The van der Waals surface area contributed by atoms with Crippen LogP contribution in [0.4, 0.5) is 23.5 Å². The number of rotatable bonds is 5. The van der Waals surface area contributed by atoms with Crippen molar-refractivity contribution in [3.63, 3.8) is 0 Å². The van der Waals surface area contributed by atoms with Gasteiger partial charge in [-0.25, -0.2) is 18.9 Å². The summed E-state index contributed by atoms with van der Waals surface area (Å²) in [5, 5.41) is 6.53. The number of ether oxygens (including phenoxy) is 1. The van der Waals surface area contributed by atoms with Gasteiger partial charge in [0.2, 0.25) is 5.95 Å². The molecule has 3 heterocycles. The van der Waals surface area contributed by atoms with E-state index in [1.54, 1.807) is 25.3 Å². The average Bonchev–Trinajstić information content (AvgIpc) is 3.13. The molecule has 1 amide bonds. The molecule has 0 saturated carbocycles. The number of aromatic nitrogens is 5. The van der Waals surface area contributed by atoms with E-state index in [0.717, 1.165) is 18.2 Å². The first-order valence-electron chi connectivity index (χ1n) is 9.82. The van der Waals surface area contributed by atoms with Crippen LogP contribution >= 0.6 is 0 Å². The van der Waals surface area contributed by atoms with E-state index >= 15 is 0 Å². The Balaban J connectivity index is 1.59. The number of hydrogen-bond acceptors (Lipinski definition) is 7. The van der Waals surface area contributed by atoms with Gasteiger partial charge in [0.25, 0.3) is 5.91 Å². The van der Waals surface area contributed by atoms with Gasteiger partial charge in [0.15, 0.2) is 11.5 Å². The van der Waals surface area contributed by atoms with E-state index < -0.39 is 29.9 Å². The van der Waals surface area contributed by atoms with Gasteiger partial charge in [-0.2, -0.15) is 4.98 Å². The van der Waals surface area contributed by atoms with Crippen molar-refractivity contribution in [1.29, 1.82) is 0 Å². The molecule has 0 aliphatic carbocycles. The molecule has 0 aliphatic heterocycles. The highest BCUT2D eigenvalue weighted by molar-refractivity contribution is 5.94. The summed E-state index contributed by atoms with van der Waals surface area (Å²) >= 11 is 0. The standard InChI is InChI=1S/C21H17F4N7O2/c1-10-9-27-18(12-5-6-32-16(7-12)29-20(26)31-32)30-17(10)19(33)28-11(2)14-8-13(3-4-15(14)22)34-21(23,24)25/h3-9,11H,1-2H3,(H2,26,31)(H,28,33)/t11-/m1/s1. The summed E-state index contributed by atoms with van der Waals surface area (Å²) in [6, 6.07) is 4.88. The number of nitrogens with one attached hydrogen (secondary N) is 1. The van der Waals surface area contributed by atoms with Crippen molar-refractivity contribution in [3.8, 4) is 17.1 Å². The zero-order valence-corrected chi connectivity index (χ0v) is 17.8. The molecule has 176 valence electrons. The summed E-state index contributed by atoms with van der Waals surface area (Å²) in [7, 11) is 0. The summed E-state index contributed by atoms with van der Waals surface area (Å²) in [5.74, 6) is -1.76. The van der Waals surface area contributed by atoms with Gasteiger partial charge in [0.1, 0.15) is 17.3 Å². The average molecular weight is 475 g/mol. The summed E-state index contributed by atoms with van der Waals surface area (Å²) in [4.78, 5) is 25.5. The summed E-state index contributed by atoms with van der Waals surface area (Å²) in [6.45, 7) is 3.04. The van der Waals surface area contributed by atoms with Gasteiger partial charge in [0, 0.05) is 23.5 Å². The lowest BCUT2D eigenvalue weighted by Gasteiger charge is -2.17. The van der Waals surface area contributed by atoms with Crippen molar-refractivity contribution in [2.45, 2.75) is 26.3 Å². The third-order valence-corrected chi connectivity index (χ3v) is 4.81. The van der Waals surface area contributed by atoms with Crippen molar-refractivity contribution in [2.75, 3.05) is 5.73 Å². The summed E-state index contributed by atoms with van der Waals surface area (Å²) in [6.07, 6.45) is -1.88. The van der Waals surface area contributed by atoms with Gasteiger partial charge in [-0.1, -0.05) is 0 Å². The quantitative estimate of drug-likeness (QED) is 0.423. The maximum Gasteiger partial charge on any atom is 0.573 e. The number of anilines is 1. The Bertz CT molecular complexity index is 1390. The zero-order valence-electron chi connectivity index (χ0n) is 17.8. The minimum Gasteiger partial charge on any atom is -0.406 e. The van der Waals surface area contributed by atoms with E-state index in [1.807, 2.05) is 0 Å². The first-order valence-corrected chi connectivity index (χ1v) is 9.82. The number of nitrogens with zero attached hydrogens (tertiary/aromatic N) is 5. The second-order valence-corrected chi connectivity index (χ2v) is 7.34. The number of alkyl halides is 3. The van der Waals surface area contributed by atoms with Gasteiger partial charge < -0.3 is 15.8 Å². The molecule has 0 saturated heterocycles. The molecule has 1 aromatic carbocycles. The molecular weight excluding hydrogens is 458 g/mol. The van der Waals surface area contributed by atoms with E-state index in [9.17, 15) is 22.4 Å². The van der Waals surface area contributed by atoms with Gasteiger partial charge >= 0.3 is 6.36 Å². The van der Waals surface area contributed by atoms with Crippen molar-refractivity contribution < 1.29 is 27.1 Å². The van der Waals surface area contributed by atoms with Crippen LogP contribution in [0.5, 0.6) is 5.75 Å². The Morgan fingerprint density at radius 3 is 2.71 bits per heavy atom. The molecular formula is C21H17F4N7O2. The van der Waals surface area contributed by atoms with Crippen molar-refractivity contribution in [2.24, 2.45) is 0 Å². The predicted octanol–water partition coefficient (Wildman–Crippen LogP) is 3.61. The van der Waals surface area contributed by atoms with E-state index in [2.05, 4.69) is 30.1 Å². The fourth-order valence-electron chi connectivity index (χ4n) is 3.24. The molecule has 9 nitrogen and oxygen atoms in total. The topological polar surface area (TPSA) is 120 Å². The molecule has 3 N–H and O–H groups in total. The number of nitrogens with two attached hydrogens (primary N) is 1. The second kappa shape index (κ2) is 8.57. The lowest BCUT2D eigenvalue weighted by molar-refractivity contribution is -0.274. The summed E-state index contributed by atoms with van der Waals surface area (Å²) < 4.78 is 57.1. The van der Waals surface area contributed by atoms with Crippen LogP contribution in [0.2, 0.25) is 0 Å². The number of aryl methyl sites for hydroxylation is 1. The van der Waals surface area contributed by atoms with Crippen LogP contribution in [-0.4, -0.2) is 36.8 Å². The van der Waals surface area contributed by atoms with Crippen LogP contribution < -0.4 is 15.8 Å². The van der Waals surface area contributed by atoms with Crippen molar-refractivity contribution in [3.05, 3.63) is 65.4 Å². The molecule has 1 atom stereocenters. The van der Waals surface area contributed by atoms with E-state index in [1.165, 1.54) is 17.6 Å². The maximum absolute atomic E-state index is 14.3. The molecule has 0 aliphatic rings. The minimum absolute atomic E-state index is 0.0146. The molecule has 0 spiro atoms. The number of amides is 1. The second-order valence-electron chi connectivity index (χ2n) is 7.34. The number of carbonyl (C=O) groups is 1. The maximum atomic E-state index is 14.3. The predicted molar refractivity (Wildman–Crippen MR) is 112 cm³/mol. The Hall–Kier alpha value is -4.29. The van der Waals surface area contributed by atoms with Crippen molar-refractivity contribution in [1.82, 2.24) is 29.9 Å². The number of nitrogen functional groups attached to an aromatic ring is 1. The van der Waals surface area contributed by atoms with E-state index in [-0.39, 0.29) is 23.0 Å².